The summed E-state index contributed by atoms with van der Waals surface area (Å²) in [4.78, 5) is 23.6. The molecule has 4 rings (SSSR count). The van der Waals surface area contributed by atoms with Gasteiger partial charge in [0, 0.05) is 26.2 Å². The summed E-state index contributed by atoms with van der Waals surface area (Å²) in [6.45, 7) is 3.60. The highest BCUT2D eigenvalue weighted by molar-refractivity contribution is 7.99. The summed E-state index contributed by atoms with van der Waals surface area (Å²) < 4.78 is 10.9. The fourth-order valence-electron chi connectivity index (χ4n) is 2.52. The van der Waals surface area contributed by atoms with Gasteiger partial charge in [-0.05, 0) is 18.0 Å². The molecule has 1 amide bonds. The maximum absolute atomic E-state index is 11.1. The molecule has 0 spiro atoms. The molecule has 4 heterocycles. The minimum atomic E-state index is -0.119. The van der Waals surface area contributed by atoms with Gasteiger partial charge in [0.05, 0.1) is 22.7 Å². The van der Waals surface area contributed by atoms with Crippen LogP contribution in [0.4, 0.5) is 5.13 Å². The molecule has 0 aliphatic carbocycles. The summed E-state index contributed by atoms with van der Waals surface area (Å²) in [6, 6.07) is 1.90. The Morgan fingerprint density at radius 2 is 2.36 bits per heavy atom. The first-order valence-corrected chi connectivity index (χ1v) is 9.20. The van der Waals surface area contributed by atoms with Gasteiger partial charge in [-0.1, -0.05) is 11.3 Å². The summed E-state index contributed by atoms with van der Waals surface area (Å²) in [5.74, 6) is 0.445. The first-order valence-electron chi connectivity index (χ1n) is 7.61. The number of carbonyl (C=O) groups is 1. The SMILES string of the molecule is CC(=O)Nc1ncc(SN2CCO[C@@H](c3ccnc4ncnn34)C2)s1. The molecule has 1 atom stereocenters. The van der Waals surface area contributed by atoms with E-state index in [2.05, 4.69) is 29.7 Å². The lowest BCUT2D eigenvalue weighted by atomic mass is 10.2. The van der Waals surface area contributed by atoms with Crippen molar-refractivity contribution < 1.29 is 9.53 Å². The van der Waals surface area contributed by atoms with Gasteiger partial charge in [0.25, 0.3) is 5.78 Å². The number of hydrogen-bond donors (Lipinski definition) is 1. The topological polar surface area (TPSA) is 97.5 Å². The van der Waals surface area contributed by atoms with Gasteiger partial charge < -0.3 is 10.1 Å². The highest BCUT2D eigenvalue weighted by atomic mass is 32.2. The summed E-state index contributed by atoms with van der Waals surface area (Å²) in [6.07, 6.45) is 4.86. The van der Waals surface area contributed by atoms with Crippen molar-refractivity contribution in [3.05, 3.63) is 30.5 Å². The first-order chi connectivity index (χ1) is 12.2. The highest BCUT2D eigenvalue weighted by Crippen LogP contribution is 2.34. The van der Waals surface area contributed by atoms with Crippen molar-refractivity contribution in [1.29, 1.82) is 0 Å². The highest BCUT2D eigenvalue weighted by Gasteiger charge is 2.25. The van der Waals surface area contributed by atoms with Crippen LogP contribution in [0.3, 0.4) is 0 Å². The maximum atomic E-state index is 11.1. The Bertz CT molecular complexity index is 896. The van der Waals surface area contributed by atoms with Crippen molar-refractivity contribution in [1.82, 2.24) is 28.9 Å². The van der Waals surface area contributed by atoms with Gasteiger partial charge in [-0.2, -0.15) is 14.6 Å². The Labute approximate surface area is 151 Å². The second-order valence-electron chi connectivity index (χ2n) is 5.35. The molecule has 1 aliphatic heterocycles. The van der Waals surface area contributed by atoms with Crippen molar-refractivity contribution in [2.45, 2.75) is 17.2 Å². The van der Waals surface area contributed by atoms with E-state index in [9.17, 15) is 4.79 Å². The van der Waals surface area contributed by atoms with Gasteiger partial charge in [-0.15, -0.1) is 0 Å². The lowest BCUT2D eigenvalue weighted by Crippen LogP contribution is -2.34. The Kier molecular flexibility index (Phi) is 4.61. The maximum Gasteiger partial charge on any atom is 0.252 e. The third-order valence-corrected chi connectivity index (χ3v) is 5.61. The Hall–Kier alpha value is -2.08. The van der Waals surface area contributed by atoms with Gasteiger partial charge in [0.15, 0.2) is 5.13 Å². The van der Waals surface area contributed by atoms with E-state index < -0.39 is 0 Å². The number of carbonyl (C=O) groups excluding carboxylic acids is 1. The van der Waals surface area contributed by atoms with E-state index in [0.717, 1.165) is 16.4 Å². The van der Waals surface area contributed by atoms with Gasteiger partial charge in [-0.3, -0.25) is 4.79 Å². The van der Waals surface area contributed by atoms with Crippen LogP contribution in [0, 0.1) is 0 Å². The molecule has 25 heavy (non-hydrogen) atoms. The van der Waals surface area contributed by atoms with E-state index >= 15 is 0 Å². The summed E-state index contributed by atoms with van der Waals surface area (Å²) in [5, 5.41) is 7.53. The summed E-state index contributed by atoms with van der Waals surface area (Å²) >= 11 is 3.07. The van der Waals surface area contributed by atoms with Crippen molar-refractivity contribution >= 4 is 40.1 Å². The number of thiazole rings is 1. The van der Waals surface area contributed by atoms with E-state index in [1.165, 1.54) is 24.6 Å². The third-order valence-electron chi connectivity index (χ3n) is 3.56. The molecule has 3 aromatic rings. The minimum Gasteiger partial charge on any atom is -0.369 e. The lowest BCUT2D eigenvalue weighted by Gasteiger charge is -2.31. The molecule has 0 bridgehead atoms. The molecular weight excluding hydrogens is 362 g/mol. The molecule has 130 valence electrons. The number of anilines is 1. The van der Waals surface area contributed by atoms with Crippen LogP contribution in [0.15, 0.2) is 29.0 Å². The van der Waals surface area contributed by atoms with Crippen LogP contribution in [-0.2, 0) is 9.53 Å². The molecule has 3 aromatic heterocycles. The van der Waals surface area contributed by atoms with Crippen LogP contribution < -0.4 is 5.32 Å². The second kappa shape index (κ2) is 7.04. The molecule has 1 fully saturated rings. The van der Waals surface area contributed by atoms with E-state index in [1.807, 2.05) is 6.07 Å². The molecule has 0 radical (unpaired) electrons. The third kappa shape index (κ3) is 3.63. The molecule has 1 aliphatic rings. The van der Waals surface area contributed by atoms with Crippen molar-refractivity contribution in [3.8, 4) is 0 Å². The molecule has 0 unspecified atom stereocenters. The predicted molar refractivity (Wildman–Crippen MR) is 93.3 cm³/mol. The normalized spacial score (nSPS) is 18.5. The van der Waals surface area contributed by atoms with E-state index in [4.69, 9.17) is 4.74 Å². The Morgan fingerprint density at radius 3 is 3.24 bits per heavy atom. The van der Waals surface area contributed by atoms with Crippen molar-refractivity contribution in [2.24, 2.45) is 0 Å². The summed E-state index contributed by atoms with van der Waals surface area (Å²) in [7, 11) is 0. The van der Waals surface area contributed by atoms with Gasteiger partial charge in [0.1, 0.15) is 12.4 Å². The zero-order valence-corrected chi connectivity index (χ0v) is 15.0. The molecule has 1 saturated heterocycles. The van der Waals surface area contributed by atoms with E-state index in [1.54, 1.807) is 28.9 Å². The molecule has 0 saturated carbocycles. The van der Waals surface area contributed by atoms with Gasteiger partial charge >= 0.3 is 0 Å². The Morgan fingerprint density at radius 1 is 1.44 bits per heavy atom. The molecule has 9 nitrogen and oxygen atoms in total. The number of fused-ring (bicyclic) bond motifs is 1. The average molecular weight is 377 g/mol. The number of aromatic nitrogens is 5. The standard InChI is InChI=1S/C14H15N7O2S2/c1-9(22)19-14-16-6-12(24-14)25-20-4-5-23-11(7-20)10-2-3-15-13-17-8-18-21(10)13/h2-3,6,8,11H,4-5,7H2,1H3,(H,16,19,22)/t11-/m1/s1. The molecule has 11 heteroatoms. The second-order valence-corrected chi connectivity index (χ2v) is 7.77. The number of amides is 1. The minimum absolute atomic E-state index is 0.115. The zero-order chi connectivity index (χ0) is 17.2. The molecular formula is C14H15N7O2S2. The monoisotopic (exact) mass is 377 g/mol. The first kappa shape index (κ1) is 16.4. The number of nitrogens with zero attached hydrogens (tertiary/aromatic N) is 6. The number of rotatable bonds is 4. The van der Waals surface area contributed by atoms with Crippen LogP contribution in [-0.4, -0.2) is 54.5 Å². The van der Waals surface area contributed by atoms with Crippen LogP contribution >= 0.6 is 23.3 Å². The van der Waals surface area contributed by atoms with E-state index in [-0.39, 0.29) is 12.0 Å². The fourth-order valence-corrected chi connectivity index (χ4v) is 4.55. The zero-order valence-electron chi connectivity index (χ0n) is 13.3. The number of ether oxygens (including phenoxy) is 1. The molecule has 0 aromatic carbocycles. The van der Waals surface area contributed by atoms with Crippen LogP contribution in [0.25, 0.3) is 5.78 Å². The Balaban J connectivity index is 1.47. The number of hydrogen-bond acceptors (Lipinski definition) is 9. The van der Waals surface area contributed by atoms with Crippen LogP contribution in [0.1, 0.15) is 18.7 Å². The lowest BCUT2D eigenvalue weighted by molar-refractivity contribution is -0.114. The van der Waals surface area contributed by atoms with Gasteiger partial charge in [0.2, 0.25) is 5.91 Å². The molecule has 1 N–H and O–H groups in total. The van der Waals surface area contributed by atoms with E-state index in [0.29, 0.717) is 24.1 Å². The van der Waals surface area contributed by atoms with Crippen molar-refractivity contribution in [3.63, 3.8) is 0 Å². The number of nitrogens with one attached hydrogen (secondary N) is 1. The smallest absolute Gasteiger partial charge is 0.252 e. The fraction of sp³-hybridized carbons (Fsp3) is 0.357. The average Bonchev–Trinajstić information content (AvgIpc) is 3.23. The quantitative estimate of drug-likeness (QED) is 0.685. The number of morpholine rings is 1. The summed E-state index contributed by atoms with van der Waals surface area (Å²) in [5.41, 5.74) is 0.927. The van der Waals surface area contributed by atoms with Crippen LogP contribution in [0.5, 0.6) is 0 Å². The van der Waals surface area contributed by atoms with Crippen molar-refractivity contribution in [2.75, 3.05) is 25.0 Å². The van der Waals surface area contributed by atoms with Crippen LogP contribution in [0.2, 0.25) is 0 Å². The largest absolute Gasteiger partial charge is 0.369 e. The van der Waals surface area contributed by atoms with Gasteiger partial charge in [-0.25, -0.2) is 14.3 Å². The predicted octanol–water partition coefficient (Wildman–Crippen LogP) is 1.62.